The van der Waals surface area contributed by atoms with E-state index in [-0.39, 0.29) is 38.7 Å². The van der Waals surface area contributed by atoms with Gasteiger partial charge in [-0.05, 0) is 166 Å². The quantitative estimate of drug-likeness (QED) is 0.0897. The minimum absolute atomic E-state index is 0. The molecule has 0 spiro atoms. The molecule has 8 bridgehead atoms. The molecular formula is C92H74CuN8O4+2. The number of benzene rings is 12. The van der Waals surface area contributed by atoms with Crippen LogP contribution in [0.25, 0.3) is 89.7 Å². The first kappa shape index (κ1) is 67.2. The van der Waals surface area contributed by atoms with Crippen LogP contribution in [-0.4, -0.2) is 39.9 Å². The van der Waals surface area contributed by atoms with Crippen molar-refractivity contribution in [3.63, 3.8) is 0 Å². The number of hydrogen-bond acceptors (Lipinski definition) is 10. The number of fused-ring (bicyclic) bond motifs is 20. The first-order valence-corrected chi connectivity index (χ1v) is 35.2. The molecule has 12 aromatic carbocycles. The van der Waals surface area contributed by atoms with Gasteiger partial charge in [-0.25, -0.2) is 29.9 Å². The summed E-state index contributed by atoms with van der Waals surface area (Å²) in [5.41, 5.74) is 13.6. The van der Waals surface area contributed by atoms with Crippen molar-refractivity contribution >= 4 is 44.1 Å². The van der Waals surface area contributed by atoms with E-state index in [0.29, 0.717) is 103 Å². The monoisotopic (exact) mass is 1420 g/mol. The maximum atomic E-state index is 6.73. The van der Waals surface area contributed by atoms with Gasteiger partial charge in [-0.1, -0.05) is 225 Å². The van der Waals surface area contributed by atoms with Crippen LogP contribution in [0.3, 0.4) is 0 Å². The van der Waals surface area contributed by atoms with E-state index < -0.39 is 0 Å². The van der Waals surface area contributed by atoms with Crippen LogP contribution in [0, 0.1) is 0 Å². The van der Waals surface area contributed by atoms with Crippen LogP contribution < -0.4 is 18.9 Å². The Balaban J connectivity index is 0.00000847. The maximum absolute atomic E-state index is 6.73. The molecule has 0 saturated heterocycles. The average Bonchev–Trinajstić information content (AvgIpc) is 1.61. The van der Waals surface area contributed by atoms with Gasteiger partial charge in [0.15, 0.2) is 23.3 Å². The number of H-pyrrole nitrogens is 2. The molecule has 0 aliphatic carbocycles. The van der Waals surface area contributed by atoms with Crippen LogP contribution in [0.2, 0.25) is 0 Å². The Bertz CT molecular complexity index is 5580. The van der Waals surface area contributed by atoms with E-state index in [4.69, 9.17) is 48.9 Å². The number of aromatic amines is 2. The Kier molecular flexibility index (Phi) is 17.2. The molecule has 13 heteroatoms. The first-order valence-electron chi connectivity index (χ1n) is 35.2. The number of rotatable bonds is 16. The molecule has 0 fully saturated rings. The Hall–Kier alpha value is -12.3. The summed E-state index contributed by atoms with van der Waals surface area (Å²) in [7, 11) is 0. The van der Waals surface area contributed by atoms with Crippen molar-refractivity contribution in [1.82, 2.24) is 39.9 Å². The first-order chi connectivity index (χ1) is 50.4. The fraction of sp³-hybridized carbons (Fsp3) is 0.130. The smallest absolute Gasteiger partial charge is 0.457 e. The number of ether oxygens (including phenoxy) is 4. The molecule has 515 valence electrons. The van der Waals surface area contributed by atoms with E-state index in [1.165, 1.54) is 44.5 Å². The van der Waals surface area contributed by atoms with Crippen molar-refractivity contribution in [2.45, 2.75) is 77.0 Å². The summed E-state index contributed by atoms with van der Waals surface area (Å²) in [4.78, 5) is 39.8. The van der Waals surface area contributed by atoms with Crippen LogP contribution in [0.4, 0.5) is 0 Å². The Labute approximate surface area is 620 Å². The molecule has 2 aliphatic heterocycles. The zero-order chi connectivity index (χ0) is 70.9. The second-order valence-corrected chi connectivity index (χ2v) is 28.9. The summed E-state index contributed by atoms with van der Waals surface area (Å²) < 4.78 is 26.9. The third kappa shape index (κ3) is 12.8. The molecule has 0 unspecified atom stereocenters. The van der Waals surface area contributed by atoms with Crippen LogP contribution >= 0.6 is 0 Å². The van der Waals surface area contributed by atoms with Gasteiger partial charge in [-0.3, -0.25) is 0 Å². The molecule has 1 radical (unpaired) electrons. The van der Waals surface area contributed by atoms with Crippen molar-refractivity contribution in [2.75, 3.05) is 0 Å². The molecule has 5 heterocycles. The van der Waals surface area contributed by atoms with Gasteiger partial charge in [0.05, 0.1) is 0 Å². The standard InChI is InChI=1S/C92H74N8O4.Cu/c1-89(2,57-21-13-9-14-22-57)61-29-37-65(38-30-61)101-69-45-49-73-77(53-69)85-95-81(73)93-82-75-51-47-71(103-67-41-33-63(34-42-67)91(5,6)59-25-17-11-18-26-59)55-79(75)87(97-82)100-88-80-56-72(104-68-43-35-64(36-44-68)92(7,8)60-27-19-12-20-28-60)48-52-76(80)84(98-88)94-83-74-50-46-70(54-78(74)86(96-83)99-85)102-66-39-31-62(32-40-66)90(3,4)58-23-15-10-16-24-58;/h9-56H,1-8H3,(H2,93,94,95,96,97,98,99,100);/q;+2. The fourth-order valence-electron chi connectivity index (χ4n) is 14.4. The van der Waals surface area contributed by atoms with E-state index in [1.807, 2.05) is 146 Å². The van der Waals surface area contributed by atoms with Gasteiger partial charge >= 0.3 is 17.1 Å². The summed E-state index contributed by atoms with van der Waals surface area (Å²) in [5.74, 6) is 6.83. The third-order valence-electron chi connectivity index (χ3n) is 20.9. The maximum Gasteiger partial charge on any atom is 2.00 e. The van der Waals surface area contributed by atoms with E-state index in [1.54, 1.807) is 0 Å². The van der Waals surface area contributed by atoms with Gasteiger partial charge in [0, 0.05) is 65.5 Å². The minimum Gasteiger partial charge on any atom is -0.457 e. The van der Waals surface area contributed by atoms with Crippen molar-refractivity contribution in [2.24, 2.45) is 0 Å². The zero-order valence-electron chi connectivity index (χ0n) is 59.3. The minimum atomic E-state index is -0.226. The SMILES string of the molecule is CC(C)(c1ccccc1)c1ccc(Oc2ccc3c(c2)-c2nc-3nc3[nH]c(nc4nc(nc5[nH]c(n2)c2cc(Oc6ccc(C(C)(C)c7ccccc7)cc6)ccc52)-c2ccc(Oc5ccc(C(C)(C)c6ccccc6)cc5)cc2-4)c2cc(Oc4ccc(C(C)(C)c5ccccc5)cc4)ccc32)cc1.[Cu+2]. The number of hydrogen-bond donors (Lipinski definition) is 2. The van der Waals surface area contributed by atoms with Gasteiger partial charge < -0.3 is 28.9 Å². The van der Waals surface area contributed by atoms with E-state index >= 15 is 0 Å². The zero-order valence-corrected chi connectivity index (χ0v) is 60.3. The number of nitrogens with one attached hydrogen (secondary N) is 2. The van der Waals surface area contributed by atoms with E-state index in [9.17, 15) is 0 Å². The molecule has 17 rings (SSSR count). The second kappa shape index (κ2) is 26.8. The van der Waals surface area contributed by atoms with Crippen LogP contribution in [-0.2, 0) is 38.7 Å². The predicted octanol–water partition coefficient (Wildman–Crippen LogP) is 23.3. The normalized spacial score (nSPS) is 12.1. The van der Waals surface area contributed by atoms with E-state index in [0.717, 1.165) is 32.7 Å². The topological polar surface area (TPSA) is 146 Å². The molecule has 2 aliphatic rings. The molecule has 15 aromatic rings. The van der Waals surface area contributed by atoms with Gasteiger partial charge in [0.25, 0.3) is 0 Å². The van der Waals surface area contributed by atoms with Crippen molar-refractivity contribution < 1.29 is 36.0 Å². The summed E-state index contributed by atoms with van der Waals surface area (Å²) in [6, 6.07) is 99.2. The van der Waals surface area contributed by atoms with Crippen molar-refractivity contribution in [3.8, 4) is 91.5 Å². The predicted molar refractivity (Wildman–Crippen MR) is 416 cm³/mol. The Morgan fingerprint density at radius 1 is 0.210 bits per heavy atom. The fourth-order valence-corrected chi connectivity index (χ4v) is 14.4. The van der Waals surface area contributed by atoms with Crippen LogP contribution in [0.1, 0.15) is 99.9 Å². The van der Waals surface area contributed by atoms with Crippen molar-refractivity contribution in [3.05, 3.63) is 336 Å². The molecular weight excluding hydrogens is 1340 g/mol. The van der Waals surface area contributed by atoms with Crippen LogP contribution in [0.15, 0.2) is 291 Å². The van der Waals surface area contributed by atoms with Crippen LogP contribution in [0.5, 0.6) is 46.0 Å². The molecule has 2 N–H and O–H groups in total. The number of nitrogens with zero attached hydrogens (tertiary/aromatic N) is 6. The summed E-state index contributed by atoms with van der Waals surface area (Å²) in [5, 5.41) is 3.04. The molecule has 3 aromatic heterocycles. The molecule has 0 atom stereocenters. The molecule has 105 heavy (non-hydrogen) atoms. The molecule has 0 amide bonds. The summed E-state index contributed by atoms with van der Waals surface area (Å²) in [6.07, 6.45) is 0. The largest absolute Gasteiger partial charge is 2.00 e. The number of aromatic nitrogens is 8. The van der Waals surface area contributed by atoms with Gasteiger partial charge in [0.1, 0.15) is 68.6 Å². The van der Waals surface area contributed by atoms with Crippen molar-refractivity contribution in [1.29, 1.82) is 0 Å². The summed E-state index contributed by atoms with van der Waals surface area (Å²) >= 11 is 0. The molecule has 0 saturated carbocycles. The Morgan fingerprint density at radius 2 is 0.429 bits per heavy atom. The molecule has 12 nitrogen and oxygen atoms in total. The van der Waals surface area contributed by atoms with E-state index in [2.05, 4.69) is 211 Å². The second-order valence-electron chi connectivity index (χ2n) is 28.9. The van der Waals surface area contributed by atoms with Gasteiger partial charge in [-0.15, -0.1) is 0 Å². The summed E-state index contributed by atoms with van der Waals surface area (Å²) in [6.45, 7) is 17.9. The van der Waals surface area contributed by atoms with Gasteiger partial charge in [0.2, 0.25) is 0 Å². The average molecular weight is 1420 g/mol. The third-order valence-corrected chi connectivity index (χ3v) is 20.9. The van der Waals surface area contributed by atoms with Gasteiger partial charge in [-0.2, -0.15) is 0 Å². The Morgan fingerprint density at radius 3 is 0.705 bits per heavy atom.